The minimum absolute atomic E-state index is 0.194. The molecule has 0 aromatic heterocycles. The van der Waals surface area contributed by atoms with Crippen LogP contribution in [0.5, 0.6) is 0 Å². The van der Waals surface area contributed by atoms with E-state index >= 15 is 0 Å². The van der Waals surface area contributed by atoms with E-state index in [4.69, 9.17) is 4.84 Å². The minimum Gasteiger partial charge on any atom is -0.364 e. The van der Waals surface area contributed by atoms with E-state index in [1.807, 2.05) is 5.06 Å². The summed E-state index contributed by atoms with van der Waals surface area (Å²) >= 11 is 0. The van der Waals surface area contributed by atoms with Gasteiger partial charge in [-0.25, -0.2) is 4.79 Å². The highest BCUT2D eigenvalue weighted by Crippen LogP contribution is 2.31. The quantitative estimate of drug-likeness (QED) is 0.446. The van der Waals surface area contributed by atoms with Crippen molar-refractivity contribution in [1.29, 1.82) is 0 Å². The Morgan fingerprint density at radius 2 is 1.36 bits per heavy atom. The van der Waals surface area contributed by atoms with Gasteiger partial charge in [0.1, 0.15) is 0 Å². The first-order valence-electron chi connectivity index (χ1n) is 8.56. The molecule has 0 aliphatic carbocycles. The van der Waals surface area contributed by atoms with Gasteiger partial charge in [-0.05, 0) is 36.5 Å². The number of nitrogens with zero attached hydrogens (tertiary/aromatic N) is 1. The summed E-state index contributed by atoms with van der Waals surface area (Å²) < 4.78 is 0. The van der Waals surface area contributed by atoms with Gasteiger partial charge < -0.3 is 4.84 Å². The van der Waals surface area contributed by atoms with Gasteiger partial charge in [0.05, 0.1) is 0 Å². The second-order valence-electron chi connectivity index (χ2n) is 8.63. The van der Waals surface area contributed by atoms with E-state index in [1.54, 1.807) is 0 Å². The Morgan fingerprint density at radius 1 is 1.00 bits per heavy atom. The molecule has 0 rings (SSSR count). The summed E-state index contributed by atoms with van der Waals surface area (Å²) in [5.41, 5.74) is 0.388. The molecule has 0 radical (unpaired) electrons. The summed E-state index contributed by atoms with van der Waals surface area (Å²) in [6.07, 6.45) is 5.16. The maximum Gasteiger partial charge on any atom is 0.349 e. The average molecular weight is 312 g/mol. The molecule has 0 N–H and O–H groups in total. The maximum atomic E-state index is 11.8. The van der Waals surface area contributed by atoms with Gasteiger partial charge >= 0.3 is 5.97 Å². The fourth-order valence-electron chi connectivity index (χ4n) is 2.83. The molecule has 0 heterocycles. The Labute approximate surface area is 138 Å². The molecule has 0 spiro atoms. The Balaban J connectivity index is 5.37. The Bertz CT molecular complexity index is 325. The van der Waals surface area contributed by atoms with Crippen molar-refractivity contribution in [2.24, 2.45) is 10.8 Å². The molecule has 0 bridgehead atoms. The van der Waals surface area contributed by atoms with Gasteiger partial charge in [-0.1, -0.05) is 62.0 Å². The van der Waals surface area contributed by atoms with Crippen LogP contribution in [0.3, 0.4) is 0 Å². The molecule has 3 nitrogen and oxygen atoms in total. The van der Waals surface area contributed by atoms with Gasteiger partial charge in [-0.2, -0.15) is 0 Å². The fourth-order valence-corrected chi connectivity index (χ4v) is 2.83. The van der Waals surface area contributed by atoms with Crippen molar-refractivity contribution in [2.75, 3.05) is 0 Å². The minimum atomic E-state index is -0.361. The molecule has 130 valence electrons. The maximum absolute atomic E-state index is 11.8. The standard InChI is InChI=1S/C19H37NO2/c1-10-15(13-18(4,5)6)20(22-17(21)12-3)16(11-2)14-19(7,8)9/h12,15-16H,3,10-11,13-14H2,1-2,4-9H3. The first-order chi connectivity index (χ1) is 9.93. The smallest absolute Gasteiger partial charge is 0.349 e. The Kier molecular flexibility index (Phi) is 8.38. The van der Waals surface area contributed by atoms with Crippen molar-refractivity contribution in [2.45, 2.75) is 93.2 Å². The summed E-state index contributed by atoms with van der Waals surface area (Å²) in [6.45, 7) is 21.2. The molecule has 2 atom stereocenters. The van der Waals surface area contributed by atoms with Crippen molar-refractivity contribution in [3.05, 3.63) is 12.7 Å². The number of carbonyl (C=O) groups excluding carboxylic acids is 1. The van der Waals surface area contributed by atoms with Crippen LogP contribution in [-0.4, -0.2) is 23.1 Å². The number of rotatable bonds is 8. The lowest BCUT2D eigenvalue weighted by atomic mass is 9.84. The highest BCUT2D eigenvalue weighted by Gasteiger charge is 2.32. The fraction of sp³-hybridized carbons (Fsp3) is 0.842. The van der Waals surface area contributed by atoms with Gasteiger partial charge in [0.25, 0.3) is 0 Å². The predicted octanol–water partition coefficient (Wildman–Crippen LogP) is 5.36. The number of hydrogen-bond donors (Lipinski definition) is 0. The van der Waals surface area contributed by atoms with E-state index in [0.717, 1.165) is 25.7 Å². The molecule has 0 aliphatic rings. The molecule has 0 aromatic rings. The van der Waals surface area contributed by atoms with Crippen LogP contribution in [0.1, 0.15) is 81.1 Å². The lowest BCUT2D eigenvalue weighted by Crippen LogP contribution is -2.46. The van der Waals surface area contributed by atoms with Crippen molar-refractivity contribution < 1.29 is 9.63 Å². The normalized spacial score (nSPS) is 15.5. The highest BCUT2D eigenvalue weighted by atomic mass is 16.7. The van der Waals surface area contributed by atoms with Crippen LogP contribution in [-0.2, 0) is 9.63 Å². The highest BCUT2D eigenvalue weighted by molar-refractivity contribution is 5.80. The largest absolute Gasteiger partial charge is 0.364 e. The number of hydroxylamine groups is 2. The van der Waals surface area contributed by atoms with E-state index in [0.29, 0.717) is 0 Å². The lowest BCUT2D eigenvalue weighted by molar-refractivity contribution is -0.218. The summed E-state index contributed by atoms with van der Waals surface area (Å²) in [7, 11) is 0. The zero-order valence-corrected chi connectivity index (χ0v) is 16.0. The van der Waals surface area contributed by atoms with Crippen LogP contribution < -0.4 is 0 Å². The molecule has 0 amide bonds. The summed E-state index contributed by atoms with van der Waals surface area (Å²) in [5, 5.41) is 1.96. The van der Waals surface area contributed by atoms with Crippen LogP contribution in [0.15, 0.2) is 12.7 Å². The lowest BCUT2D eigenvalue weighted by Gasteiger charge is -2.40. The molecular weight excluding hydrogens is 274 g/mol. The SMILES string of the molecule is C=CC(=O)ON(C(CC)CC(C)(C)C)C(CC)CC(C)(C)C. The molecular formula is C19H37NO2. The van der Waals surface area contributed by atoms with Crippen molar-refractivity contribution in [1.82, 2.24) is 5.06 Å². The molecule has 0 aliphatic heterocycles. The molecule has 0 saturated heterocycles. The predicted molar refractivity (Wildman–Crippen MR) is 94.4 cm³/mol. The van der Waals surface area contributed by atoms with E-state index in [1.165, 1.54) is 6.08 Å². The molecule has 3 heteroatoms. The van der Waals surface area contributed by atoms with Crippen molar-refractivity contribution in [3.8, 4) is 0 Å². The first kappa shape index (κ1) is 21.2. The summed E-state index contributed by atoms with van der Waals surface area (Å²) in [4.78, 5) is 17.5. The Morgan fingerprint density at radius 3 is 1.59 bits per heavy atom. The Hall–Kier alpha value is -0.830. The zero-order valence-electron chi connectivity index (χ0n) is 16.0. The third kappa shape index (κ3) is 8.57. The third-order valence-corrected chi connectivity index (χ3v) is 3.72. The van der Waals surface area contributed by atoms with Crippen LogP contribution in [0.2, 0.25) is 0 Å². The third-order valence-electron chi connectivity index (χ3n) is 3.72. The van der Waals surface area contributed by atoms with Gasteiger partial charge in [-0.15, -0.1) is 5.06 Å². The van der Waals surface area contributed by atoms with Gasteiger partial charge in [0, 0.05) is 18.2 Å². The van der Waals surface area contributed by atoms with Crippen molar-refractivity contribution >= 4 is 5.97 Å². The topological polar surface area (TPSA) is 29.5 Å². The second-order valence-corrected chi connectivity index (χ2v) is 8.63. The van der Waals surface area contributed by atoms with Crippen molar-refractivity contribution in [3.63, 3.8) is 0 Å². The van der Waals surface area contributed by atoms with Crippen LogP contribution in [0.25, 0.3) is 0 Å². The van der Waals surface area contributed by atoms with Crippen LogP contribution in [0.4, 0.5) is 0 Å². The number of hydrogen-bond acceptors (Lipinski definition) is 3. The monoisotopic (exact) mass is 311 g/mol. The van der Waals surface area contributed by atoms with E-state index in [2.05, 4.69) is 62.0 Å². The molecule has 0 saturated carbocycles. The number of carbonyl (C=O) groups is 1. The van der Waals surface area contributed by atoms with Crippen LogP contribution >= 0.6 is 0 Å². The van der Waals surface area contributed by atoms with E-state index in [9.17, 15) is 4.79 Å². The molecule has 2 unspecified atom stereocenters. The molecule has 0 fully saturated rings. The van der Waals surface area contributed by atoms with E-state index in [-0.39, 0.29) is 28.9 Å². The molecule has 0 aromatic carbocycles. The van der Waals surface area contributed by atoms with Gasteiger partial charge in [0.15, 0.2) is 0 Å². The van der Waals surface area contributed by atoms with Crippen LogP contribution in [0, 0.1) is 10.8 Å². The summed E-state index contributed by atoms with van der Waals surface area (Å²) in [6, 6.07) is 0.465. The van der Waals surface area contributed by atoms with Gasteiger partial charge in [0.2, 0.25) is 0 Å². The average Bonchev–Trinajstić information content (AvgIpc) is 2.37. The van der Waals surface area contributed by atoms with Gasteiger partial charge in [-0.3, -0.25) is 0 Å². The zero-order chi connectivity index (χ0) is 17.6. The van der Waals surface area contributed by atoms with E-state index < -0.39 is 0 Å². The first-order valence-corrected chi connectivity index (χ1v) is 8.56. The summed E-state index contributed by atoms with van der Waals surface area (Å²) in [5.74, 6) is -0.361. The molecule has 22 heavy (non-hydrogen) atoms. The second kappa shape index (κ2) is 8.71.